The highest BCUT2D eigenvalue weighted by molar-refractivity contribution is 5.79. The molecule has 0 bridgehead atoms. The molecule has 3 nitrogen and oxygen atoms in total. The molecule has 108 valence electrons. The van der Waals surface area contributed by atoms with Crippen LogP contribution >= 0.6 is 0 Å². The Bertz CT molecular complexity index is 323. The van der Waals surface area contributed by atoms with E-state index in [9.17, 15) is 4.79 Å². The lowest BCUT2D eigenvalue weighted by Gasteiger charge is -2.41. The summed E-state index contributed by atoms with van der Waals surface area (Å²) in [6.45, 7) is 3.98. The number of carbonyl (C=O) groups excluding carboxylic acids is 1. The lowest BCUT2D eigenvalue weighted by atomic mass is 9.67. The summed E-state index contributed by atoms with van der Waals surface area (Å²) in [7, 11) is 2.15. The van der Waals surface area contributed by atoms with E-state index < -0.39 is 0 Å². The average Bonchev–Trinajstić information content (AvgIpc) is 2.47. The van der Waals surface area contributed by atoms with E-state index in [2.05, 4.69) is 16.8 Å². The van der Waals surface area contributed by atoms with Gasteiger partial charge >= 0.3 is 0 Å². The molecule has 1 saturated heterocycles. The van der Waals surface area contributed by atoms with Crippen molar-refractivity contribution in [3.8, 4) is 0 Å². The summed E-state index contributed by atoms with van der Waals surface area (Å²) in [6.07, 6.45) is 9.31. The fourth-order valence-electron chi connectivity index (χ4n) is 4.38. The highest BCUT2D eigenvalue weighted by atomic mass is 16.2. The molecule has 3 rings (SSSR count). The summed E-state index contributed by atoms with van der Waals surface area (Å²) in [4.78, 5) is 17.1. The van der Waals surface area contributed by atoms with Gasteiger partial charge in [0.1, 0.15) is 0 Å². The minimum absolute atomic E-state index is 0.350. The van der Waals surface area contributed by atoms with Crippen LogP contribution in [0.15, 0.2) is 0 Å². The molecule has 2 aliphatic carbocycles. The molecule has 2 saturated carbocycles. The van der Waals surface area contributed by atoms with Gasteiger partial charge in [0, 0.05) is 32.1 Å². The van der Waals surface area contributed by atoms with E-state index in [4.69, 9.17) is 0 Å². The molecule has 3 fully saturated rings. The summed E-state index contributed by atoms with van der Waals surface area (Å²) in [5.74, 6) is 2.63. The van der Waals surface area contributed by atoms with Gasteiger partial charge in [-0.25, -0.2) is 0 Å². The van der Waals surface area contributed by atoms with Gasteiger partial charge in [-0.15, -0.1) is 0 Å². The van der Waals surface area contributed by atoms with E-state index in [1.165, 1.54) is 38.5 Å². The van der Waals surface area contributed by atoms with E-state index in [1.807, 2.05) is 0 Å². The van der Waals surface area contributed by atoms with Crippen LogP contribution in [-0.4, -0.2) is 48.9 Å². The molecule has 0 aromatic heterocycles. The number of carbonyl (C=O) groups is 1. The molecule has 0 N–H and O–H groups in total. The highest BCUT2D eigenvalue weighted by Crippen LogP contribution is 2.43. The Morgan fingerprint density at radius 1 is 0.895 bits per heavy atom. The van der Waals surface area contributed by atoms with Gasteiger partial charge in [0.15, 0.2) is 0 Å². The third kappa shape index (κ3) is 2.96. The zero-order valence-electron chi connectivity index (χ0n) is 12.3. The summed E-state index contributed by atoms with van der Waals surface area (Å²) >= 11 is 0. The number of rotatable bonds is 1. The summed E-state index contributed by atoms with van der Waals surface area (Å²) < 4.78 is 0. The number of nitrogens with zero attached hydrogens (tertiary/aromatic N) is 2. The fourth-order valence-corrected chi connectivity index (χ4v) is 4.38. The lowest BCUT2D eigenvalue weighted by molar-refractivity contribution is -0.139. The predicted molar refractivity (Wildman–Crippen MR) is 76.9 cm³/mol. The average molecular weight is 264 g/mol. The largest absolute Gasteiger partial charge is 0.340 e. The first-order valence-corrected chi connectivity index (χ1v) is 8.21. The van der Waals surface area contributed by atoms with Crippen LogP contribution in [0.4, 0.5) is 0 Å². The monoisotopic (exact) mass is 264 g/mol. The van der Waals surface area contributed by atoms with Crippen LogP contribution in [0.3, 0.4) is 0 Å². The minimum atomic E-state index is 0.350. The van der Waals surface area contributed by atoms with Crippen molar-refractivity contribution in [2.75, 3.05) is 33.2 Å². The van der Waals surface area contributed by atoms with Crippen molar-refractivity contribution < 1.29 is 4.79 Å². The van der Waals surface area contributed by atoms with Crippen LogP contribution in [0, 0.1) is 17.8 Å². The molecule has 0 spiro atoms. The molecule has 1 amide bonds. The Morgan fingerprint density at radius 2 is 1.58 bits per heavy atom. The number of hydrogen-bond acceptors (Lipinski definition) is 2. The first kappa shape index (κ1) is 13.4. The van der Waals surface area contributed by atoms with Crippen LogP contribution in [0.1, 0.15) is 44.9 Å². The van der Waals surface area contributed by atoms with Crippen LogP contribution in [0.5, 0.6) is 0 Å². The van der Waals surface area contributed by atoms with Gasteiger partial charge in [0.2, 0.25) is 5.91 Å². The molecular weight excluding hydrogens is 236 g/mol. The Morgan fingerprint density at radius 3 is 2.32 bits per heavy atom. The molecule has 0 unspecified atom stereocenters. The van der Waals surface area contributed by atoms with E-state index in [0.29, 0.717) is 11.8 Å². The van der Waals surface area contributed by atoms with Gasteiger partial charge in [-0.2, -0.15) is 0 Å². The van der Waals surface area contributed by atoms with Crippen LogP contribution in [-0.2, 0) is 4.79 Å². The van der Waals surface area contributed by atoms with Crippen molar-refractivity contribution in [1.82, 2.24) is 9.80 Å². The minimum Gasteiger partial charge on any atom is -0.340 e. The zero-order valence-corrected chi connectivity index (χ0v) is 12.3. The van der Waals surface area contributed by atoms with E-state index in [-0.39, 0.29) is 0 Å². The number of piperazine rings is 1. The molecule has 1 heterocycles. The number of likely N-dealkylation sites (N-methyl/N-ethyl adjacent to an activating group) is 1. The maximum atomic E-state index is 12.6. The second kappa shape index (κ2) is 5.82. The fraction of sp³-hybridized carbons (Fsp3) is 0.938. The number of fused-ring (bicyclic) bond motifs is 1. The summed E-state index contributed by atoms with van der Waals surface area (Å²) in [5, 5.41) is 0. The maximum Gasteiger partial charge on any atom is 0.225 e. The van der Waals surface area contributed by atoms with Crippen molar-refractivity contribution in [2.45, 2.75) is 44.9 Å². The molecule has 1 aliphatic heterocycles. The van der Waals surface area contributed by atoms with Gasteiger partial charge in [-0.05, 0) is 38.1 Å². The van der Waals surface area contributed by atoms with E-state index in [1.54, 1.807) is 0 Å². The second-order valence-electron chi connectivity index (χ2n) is 6.94. The summed E-state index contributed by atoms with van der Waals surface area (Å²) in [6, 6.07) is 0. The second-order valence-corrected chi connectivity index (χ2v) is 6.94. The third-order valence-corrected chi connectivity index (χ3v) is 5.70. The van der Waals surface area contributed by atoms with E-state index >= 15 is 0 Å². The molecule has 0 aromatic carbocycles. The van der Waals surface area contributed by atoms with Gasteiger partial charge in [0.25, 0.3) is 0 Å². The molecular formula is C16H28N2O. The van der Waals surface area contributed by atoms with Gasteiger partial charge < -0.3 is 9.80 Å². The third-order valence-electron chi connectivity index (χ3n) is 5.70. The van der Waals surface area contributed by atoms with Crippen molar-refractivity contribution in [2.24, 2.45) is 17.8 Å². The molecule has 19 heavy (non-hydrogen) atoms. The molecule has 3 aliphatic rings. The standard InChI is InChI=1S/C16H28N2O/c1-17-8-10-18(11-9-17)16(19)15-7-6-13-4-2-3-5-14(13)12-15/h13-15H,2-12H2,1H3/t13-,14-,15+/m1/s1. The quantitative estimate of drug-likeness (QED) is 0.726. The summed E-state index contributed by atoms with van der Waals surface area (Å²) in [5.41, 5.74) is 0. The Balaban J connectivity index is 1.55. The van der Waals surface area contributed by atoms with Crippen LogP contribution < -0.4 is 0 Å². The number of amides is 1. The molecule has 0 radical (unpaired) electrons. The van der Waals surface area contributed by atoms with Gasteiger partial charge in [-0.3, -0.25) is 4.79 Å². The van der Waals surface area contributed by atoms with Crippen molar-refractivity contribution in [3.05, 3.63) is 0 Å². The van der Waals surface area contributed by atoms with Crippen LogP contribution in [0.25, 0.3) is 0 Å². The van der Waals surface area contributed by atoms with Crippen molar-refractivity contribution in [3.63, 3.8) is 0 Å². The Hall–Kier alpha value is -0.570. The Kier molecular flexibility index (Phi) is 4.11. The Labute approximate surface area is 117 Å². The molecule has 0 aromatic rings. The van der Waals surface area contributed by atoms with Gasteiger partial charge in [-0.1, -0.05) is 25.7 Å². The van der Waals surface area contributed by atoms with Crippen LogP contribution in [0.2, 0.25) is 0 Å². The first-order valence-electron chi connectivity index (χ1n) is 8.21. The lowest BCUT2D eigenvalue weighted by Crippen LogP contribution is -2.50. The predicted octanol–water partition coefficient (Wildman–Crippen LogP) is 2.37. The van der Waals surface area contributed by atoms with Gasteiger partial charge in [0.05, 0.1) is 0 Å². The highest BCUT2D eigenvalue weighted by Gasteiger charge is 2.36. The maximum absolute atomic E-state index is 12.6. The van der Waals surface area contributed by atoms with Crippen molar-refractivity contribution in [1.29, 1.82) is 0 Å². The topological polar surface area (TPSA) is 23.6 Å². The molecule has 3 heteroatoms. The van der Waals surface area contributed by atoms with E-state index in [0.717, 1.165) is 44.4 Å². The molecule has 3 atom stereocenters. The SMILES string of the molecule is CN1CCN(C(=O)[C@H]2CC[C@H]3CCCC[C@@H]3C2)CC1. The number of hydrogen-bond donors (Lipinski definition) is 0. The first-order chi connectivity index (χ1) is 9.24. The normalized spacial score (nSPS) is 36.9. The zero-order chi connectivity index (χ0) is 13.2. The smallest absolute Gasteiger partial charge is 0.225 e. The van der Waals surface area contributed by atoms with Crippen molar-refractivity contribution >= 4 is 5.91 Å².